The van der Waals surface area contributed by atoms with E-state index in [1.807, 2.05) is 4.72 Å². The molecule has 0 spiro atoms. The fraction of sp³-hybridized carbons (Fsp3) is 0.111. The fourth-order valence-corrected chi connectivity index (χ4v) is 2.18. The highest BCUT2D eigenvalue weighted by Gasteiger charge is 2.18. The molecule has 1 rings (SSSR count). The highest BCUT2D eigenvalue weighted by Crippen LogP contribution is 2.21. The van der Waals surface area contributed by atoms with Crippen LogP contribution in [0.15, 0.2) is 23.4 Å². The molecule has 0 atom stereocenters. The van der Waals surface area contributed by atoms with E-state index in [-0.39, 0.29) is 22.1 Å². The minimum atomic E-state index is -4.25. The minimum Gasteiger partial charge on any atom is -0.452 e. The molecule has 11 heteroatoms. The van der Waals surface area contributed by atoms with Gasteiger partial charge in [-0.1, -0.05) is 16.8 Å². The summed E-state index contributed by atoms with van der Waals surface area (Å²) >= 11 is 5.74. The molecule has 0 radical (unpaired) electrons. The molecule has 1 aromatic rings. The predicted molar refractivity (Wildman–Crippen MR) is 72.0 cm³/mol. The Hall–Kier alpha value is -2.20. The van der Waals surface area contributed by atoms with Gasteiger partial charge in [-0.25, -0.2) is 9.52 Å². The number of benzene rings is 1. The summed E-state index contributed by atoms with van der Waals surface area (Å²) in [7, 11) is -3.25. The second-order valence-corrected chi connectivity index (χ2v) is 5.23. The normalized spacial score (nSPS) is 11.8. The third kappa shape index (κ3) is 4.17. The standard InChI is InChI=1S/C9H11ClN4O5S/c1-19-9(15)14-20(17,18)13-7-4-5(10)2-3-6(7)8(11)12-16/h2-4,13,16H,1H3,(H2,11,12)(H,14,15). The highest BCUT2D eigenvalue weighted by molar-refractivity contribution is 7.91. The first kappa shape index (κ1) is 15.9. The number of halogens is 1. The summed E-state index contributed by atoms with van der Waals surface area (Å²) in [4.78, 5) is 10.9. The molecular weight excluding hydrogens is 312 g/mol. The molecule has 0 fully saturated rings. The van der Waals surface area contributed by atoms with E-state index < -0.39 is 16.3 Å². The molecule has 0 heterocycles. The first-order valence-corrected chi connectivity index (χ1v) is 6.81. The quantitative estimate of drug-likeness (QED) is 0.274. The number of amidine groups is 1. The summed E-state index contributed by atoms with van der Waals surface area (Å²) in [6, 6.07) is 3.99. The maximum atomic E-state index is 11.6. The molecule has 0 aromatic heterocycles. The lowest BCUT2D eigenvalue weighted by atomic mass is 10.1. The SMILES string of the molecule is COC(=O)NS(=O)(=O)Nc1cc(Cl)ccc1/C(N)=N/O. The smallest absolute Gasteiger partial charge is 0.422 e. The van der Waals surface area contributed by atoms with Crippen molar-refractivity contribution in [3.05, 3.63) is 28.8 Å². The fourth-order valence-electron chi connectivity index (χ4n) is 1.20. The Bertz CT molecular complexity index is 646. The van der Waals surface area contributed by atoms with Gasteiger partial charge in [-0.15, -0.1) is 0 Å². The summed E-state index contributed by atoms with van der Waals surface area (Å²) in [6.45, 7) is 0. The zero-order valence-corrected chi connectivity index (χ0v) is 11.7. The van der Waals surface area contributed by atoms with Gasteiger partial charge in [0, 0.05) is 10.6 Å². The molecule has 0 saturated carbocycles. The molecule has 1 aromatic carbocycles. The number of carbonyl (C=O) groups is 1. The molecule has 0 bridgehead atoms. The lowest BCUT2D eigenvalue weighted by Crippen LogP contribution is -2.35. The Morgan fingerprint density at radius 3 is 2.70 bits per heavy atom. The highest BCUT2D eigenvalue weighted by atomic mass is 35.5. The molecule has 5 N–H and O–H groups in total. The average Bonchev–Trinajstić information content (AvgIpc) is 2.36. The Labute approximate surface area is 119 Å². The minimum absolute atomic E-state index is 0.0761. The van der Waals surface area contributed by atoms with Crippen molar-refractivity contribution in [1.82, 2.24) is 4.72 Å². The molecule has 110 valence electrons. The summed E-state index contributed by atoms with van der Waals surface area (Å²) < 4.78 is 31.0. The van der Waals surface area contributed by atoms with Crippen molar-refractivity contribution in [3.8, 4) is 0 Å². The van der Waals surface area contributed by atoms with Gasteiger partial charge >= 0.3 is 16.3 Å². The molecule has 0 saturated heterocycles. The summed E-state index contributed by atoms with van der Waals surface area (Å²) in [5.41, 5.74) is 5.40. The summed E-state index contributed by atoms with van der Waals surface area (Å²) in [6.07, 6.45) is -1.18. The number of carbonyl (C=O) groups excluding carboxylic acids is 1. The van der Waals surface area contributed by atoms with E-state index in [0.717, 1.165) is 7.11 Å². The number of rotatable bonds is 4. The summed E-state index contributed by atoms with van der Waals surface area (Å²) in [5.74, 6) is -0.336. The van der Waals surface area contributed by atoms with E-state index in [9.17, 15) is 13.2 Å². The van der Waals surface area contributed by atoms with E-state index in [1.165, 1.54) is 18.2 Å². The van der Waals surface area contributed by atoms with Gasteiger partial charge < -0.3 is 15.7 Å². The Balaban J connectivity index is 3.14. The molecule has 9 nitrogen and oxygen atoms in total. The Kier molecular flexibility index (Phi) is 5.00. The topological polar surface area (TPSA) is 143 Å². The van der Waals surface area contributed by atoms with Gasteiger partial charge in [0.1, 0.15) is 0 Å². The summed E-state index contributed by atoms with van der Waals surface area (Å²) in [5, 5.41) is 11.6. The zero-order chi connectivity index (χ0) is 15.3. The van der Waals surface area contributed by atoms with Crippen LogP contribution < -0.4 is 15.2 Å². The largest absolute Gasteiger partial charge is 0.452 e. The van der Waals surface area contributed by atoms with Crippen molar-refractivity contribution in [3.63, 3.8) is 0 Å². The monoisotopic (exact) mass is 322 g/mol. The van der Waals surface area contributed by atoms with E-state index >= 15 is 0 Å². The lowest BCUT2D eigenvalue weighted by molar-refractivity contribution is 0.177. The Morgan fingerprint density at radius 1 is 1.50 bits per heavy atom. The third-order valence-corrected chi connectivity index (χ3v) is 3.17. The molecule has 0 aliphatic carbocycles. The third-order valence-electron chi connectivity index (χ3n) is 2.01. The number of oxime groups is 1. The number of anilines is 1. The van der Waals surface area contributed by atoms with Gasteiger partial charge in [0.05, 0.1) is 12.8 Å². The van der Waals surface area contributed by atoms with Crippen LogP contribution >= 0.6 is 11.6 Å². The van der Waals surface area contributed by atoms with E-state index in [2.05, 4.69) is 9.89 Å². The van der Waals surface area contributed by atoms with Gasteiger partial charge in [-0.05, 0) is 18.2 Å². The molecule has 0 unspecified atom stereocenters. The first-order valence-electron chi connectivity index (χ1n) is 4.95. The number of ether oxygens (including phenoxy) is 1. The van der Waals surface area contributed by atoms with Crippen LogP contribution in [0.5, 0.6) is 0 Å². The van der Waals surface area contributed by atoms with E-state index in [1.54, 1.807) is 4.72 Å². The van der Waals surface area contributed by atoms with Gasteiger partial charge in [0.2, 0.25) is 0 Å². The second-order valence-electron chi connectivity index (χ2n) is 3.37. The molecule has 20 heavy (non-hydrogen) atoms. The molecule has 0 aliphatic rings. The van der Waals surface area contributed by atoms with Gasteiger partial charge in [-0.2, -0.15) is 8.42 Å². The van der Waals surface area contributed by atoms with Crippen LogP contribution in [0, 0.1) is 0 Å². The number of nitrogens with zero attached hydrogens (tertiary/aromatic N) is 1. The molecular formula is C9H11ClN4O5S. The number of methoxy groups -OCH3 is 1. The van der Waals surface area contributed by atoms with Crippen LogP contribution in [0.3, 0.4) is 0 Å². The van der Waals surface area contributed by atoms with Gasteiger partial charge in [0.25, 0.3) is 0 Å². The van der Waals surface area contributed by atoms with Crippen molar-refractivity contribution in [1.29, 1.82) is 0 Å². The maximum absolute atomic E-state index is 11.6. The zero-order valence-electron chi connectivity index (χ0n) is 10.1. The van der Waals surface area contributed by atoms with Crippen LogP contribution in [-0.4, -0.2) is 32.7 Å². The predicted octanol–water partition coefficient (Wildman–Crippen LogP) is 0.447. The van der Waals surface area contributed by atoms with Gasteiger partial charge in [0.15, 0.2) is 5.84 Å². The van der Waals surface area contributed by atoms with E-state index in [0.29, 0.717) is 0 Å². The maximum Gasteiger partial charge on any atom is 0.422 e. The Morgan fingerprint density at radius 2 is 2.15 bits per heavy atom. The molecule has 0 aliphatic heterocycles. The van der Waals surface area contributed by atoms with Crippen LogP contribution in [0.2, 0.25) is 5.02 Å². The lowest BCUT2D eigenvalue weighted by Gasteiger charge is -2.12. The van der Waals surface area contributed by atoms with Crippen LogP contribution in [0.1, 0.15) is 5.56 Å². The van der Waals surface area contributed by atoms with E-state index in [4.69, 9.17) is 22.5 Å². The number of hydrogen-bond acceptors (Lipinski definition) is 6. The van der Waals surface area contributed by atoms with Crippen molar-refractivity contribution >= 4 is 39.4 Å². The molecule has 1 amide bonds. The number of nitrogens with one attached hydrogen (secondary N) is 2. The van der Waals surface area contributed by atoms with Crippen molar-refractivity contribution in [2.75, 3.05) is 11.8 Å². The first-order chi connectivity index (χ1) is 9.29. The van der Waals surface area contributed by atoms with Crippen molar-refractivity contribution in [2.45, 2.75) is 0 Å². The number of amides is 1. The van der Waals surface area contributed by atoms with Gasteiger partial charge in [-0.3, -0.25) is 4.72 Å². The number of hydrogen-bond donors (Lipinski definition) is 4. The van der Waals surface area contributed by atoms with Crippen LogP contribution in [0.4, 0.5) is 10.5 Å². The van der Waals surface area contributed by atoms with Crippen molar-refractivity contribution < 1.29 is 23.2 Å². The van der Waals surface area contributed by atoms with Crippen LogP contribution in [-0.2, 0) is 14.9 Å². The van der Waals surface area contributed by atoms with Crippen molar-refractivity contribution in [2.24, 2.45) is 10.9 Å². The average molecular weight is 323 g/mol. The second kappa shape index (κ2) is 6.30. The van der Waals surface area contributed by atoms with Crippen LogP contribution in [0.25, 0.3) is 0 Å². The number of nitrogens with two attached hydrogens (primary N) is 1.